The summed E-state index contributed by atoms with van der Waals surface area (Å²) < 4.78 is 7.32. The van der Waals surface area contributed by atoms with E-state index in [0.29, 0.717) is 5.75 Å². The van der Waals surface area contributed by atoms with E-state index in [9.17, 15) is 5.11 Å². The molecular formula is C13H18N2O2. The lowest BCUT2D eigenvalue weighted by atomic mass is 10.0. The Morgan fingerprint density at radius 3 is 2.71 bits per heavy atom. The molecule has 4 heteroatoms. The summed E-state index contributed by atoms with van der Waals surface area (Å²) in [6.07, 6.45) is 1.26. The Kier molecular flexibility index (Phi) is 3.09. The van der Waals surface area contributed by atoms with Crippen LogP contribution in [0.3, 0.4) is 0 Å². The molecule has 1 heterocycles. The van der Waals surface area contributed by atoms with Crippen molar-refractivity contribution in [1.82, 2.24) is 4.57 Å². The third-order valence-corrected chi connectivity index (χ3v) is 3.05. The number of nitrogens with two attached hydrogens (primary N) is 1. The minimum absolute atomic E-state index is 0.332. The minimum atomic E-state index is -0.718. The summed E-state index contributed by atoms with van der Waals surface area (Å²) in [7, 11) is 3.57. The molecule has 0 aliphatic carbocycles. The summed E-state index contributed by atoms with van der Waals surface area (Å²) in [5.74, 6) is 0.675. The number of aromatic nitrogens is 1. The molecule has 0 saturated carbocycles. The summed E-state index contributed by atoms with van der Waals surface area (Å²) in [6, 6.07) is 5.54. The Morgan fingerprint density at radius 2 is 2.12 bits per heavy atom. The van der Waals surface area contributed by atoms with Gasteiger partial charge in [0.15, 0.2) is 0 Å². The van der Waals surface area contributed by atoms with Crippen molar-refractivity contribution in [2.24, 2.45) is 12.8 Å². The zero-order valence-electron chi connectivity index (χ0n) is 10.3. The van der Waals surface area contributed by atoms with Crippen LogP contribution in [0.1, 0.15) is 18.6 Å². The third-order valence-electron chi connectivity index (χ3n) is 3.05. The van der Waals surface area contributed by atoms with Gasteiger partial charge in [-0.1, -0.05) is 0 Å². The Bertz CT molecular complexity index is 531. The fourth-order valence-electron chi connectivity index (χ4n) is 2.00. The van der Waals surface area contributed by atoms with Crippen molar-refractivity contribution in [3.05, 3.63) is 30.0 Å². The zero-order valence-corrected chi connectivity index (χ0v) is 10.3. The van der Waals surface area contributed by atoms with E-state index < -0.39 is 6.10 Å². The highest BCUT2D eigenvalue weighted by molar-refractivity contribution is 5.83. The number of rotatable bonds is 3. The van der Waals surface area contributed by atoms with Crippen molar-refractivity contribution in [2.75, 3.05) is 7.11 Å². The summed E-state index contributed by atoms with van der Waals surface area (Å²) in [6.45, 7) is 1.78. The van der Waals surface area contributed by atoms with E-state index >= 15 is 0 Å². The molecule has 0 aliphatic heterocycles. The summed E-state index contributed by atoms with van der Waals surface area (Å²) in [5.41, 5.74) is 7.53. The van der Waals surface area contributed by atoms with Gasteiger partial charge in [0.2, 0.25) is 0 Å². The van der Waals surface area contributed by atoms with Gasteiger partial charge >= 0.3 is 0 Å². The lowest BCUT2D eigenvalue weighted by Gasteiger charge is -2.18. The van der Waals surface area contributed by atoms with E-state index in [0.717, 1.165) is 16.5 Å². The topological polar surface area (TPSA) is 60.4 Å². The molecule has 0 spiro atoms. The number of ether oxygens (including phenoxy) is 1. The molecular weight excluding hydrogens is 216 g/mol. The first-order valence-corrected chi connectivity index (χ1v) is 5.61. The molecule has 0 amide bonds. The Balaban J connectivity index is 2.62. The molecule has 1 aromatic heterocycles. The highest BCUT2D eigenvalue weighted by Gasteiger charge is 2.18. The van der Waals surface area contributed by atoms with Gasteiger partial charge in [-0.15, -0.1) is 0 Å². The molecule has 0 saturated heterocycles. The van der Waals surface area contributed by atoms with Crippen LogP contribution < -0.4 is 10.5 Å². The van der Waals surface area contributed by atoms with Crippen molar-refractivity contribution in [3.8, 4) is 5.75 Å². The van der Waals surface area contributed by atoms with Gasteiger partial charge in [-0.25, -0.2) is 0 Å². The first kappa shape index (κ1) is 12.0. The van der Waals surface area contributed by atoms with Crippen molar-refractivity contribution in [1.29, 1.82) is 0 Å². The van der Waals surface area contributed by atoms with Gasteiger partial charge in [0.05, 0.1) is 13.2 Å². The van der Waals surface area contributed by atoms with Gasteiger partial charge in [0.1, 0.15) is 5.75 Å². The largest absolute Gasteiger partial charge is 0.496 e. The van der Waals surface area contributed by atoms with Crippen LogP contribution in [0, 0.1) is 0 Å². The predicted molar refractivity (Wildman–Crippen MR) is 68.1 cm³/mol. The first-order valence-electron chi connectivity index (χ1n) is 5.61. The zero-order chi connectivity index (χ0) is 12.6. The molecule has 4 nitrogen and oxygen atoms in total. The maximum absolute atomic E-state index is 10.1. The highest BCUT2D eigenvalue weighted by atomic mass is 16.5. The Labute approximate surface area is 101 Å². The SMILES string of the molecule is COc1cc2ccn(C)c2cc1C(O)C(C)N. The molecule has 0 bridgehead atoms. The summed E-state index contributed by atoms with van der Waals surface area (Å²) >= 11 is 0. The number of methoxy groups -OCH3 is 1. The maximum atomic E-state index is 10.1. The average molecular weight is 234 g/mol. The van der Waals surface area contributed by atoms with Crippen molar-refractivity contribution in [2.45, 2.75) is 19.1 Å². The molecule has 1 aromatic carbocycles. The molecule has 0 aliphatic rings. The van der Waals surface area contributed by atoms with Gasteiger partial charge in [-0.05, 0) is 25.1 Å². The number of aryl methyl sites for hydroxylation is 1. The van der Waals surface area contributed by atoms with E-state index in [1.807, 2.05) is 36.0 Å². The second-order valence-corrected chi connectivity index (χ2v) is 4.38. The molecule has 0 fully saturated rings. The fraction of sp³-hybridized carbons (Fsp3) is 0.385. The minimum Gasteiger partial charge on any atom is -0.496 e. The second-order valence-electron chi connectivity index (χ2n) is 4.38. The van der Waals surface area contributed by atoms with Crippen LogP contribution in [0.2, 0.25) is 0 Å². The summed E-state index contributed by atoms with van der Waals surface area (Å²) in [4.78, 5) is 0. The van der Waals surface area contributed by atoms with E-state index in [2.05, 4.69) is 0 Å². The van der Waals surface area contributed by atoms with Crippen LogP contribution in [0.5, 0.6) is 5.75 Å². The smallest absolute Gasteiger partial charge is 0.125 e. The van der Waals surface area contributed by atoms with Crippen LogP contribution in [-0.2, 0) is 7.05 Å². The quantitative estimate of drug-likeness (QED) is 0.847. The van der Waals surface area contributed by atoms with E-state index in [1.54, 1.807) is 14.0 Å². The van der Waals surface area contributed by atoms with Gasteiger partial charge in [-0.2, -0.15) is 0 Å². The van der Waals surface area contributed by atoms with Gasteiger partial charge in [0, 0.05) is 35.8 Å². The molecule has 2 aromatic rings. The Hall–Kier alpha value is -1.52. The number of aliphatic hydroxyl groups is 1. The molecule has 2 rings (SSSR count). The highest BCUT2D eigenvalue weighted by Crippen LogP contribution is 2.31. The Morgan fingerprint density at radius 1 is 1.41 bits per heavy atom. The number of fused-ring (bicyclic) bond motifs is 1. The average Bonchev–Trinajstić information content (AvgIpc) is 2.68. The number of benzene rings is 1. The number of hydrogen-bond donors (Lipinski definition) is 2. The van der Waals surface area contributed by atoms with Crippen LogP contribution in [-0.4, -0.2) is 22.8 Å². The van der Waals surface area contributed by atoms with Crippen molar-refractivity contribution < 1.29 is 9.84 Å². The van der Waals surface area contributed by atoms with E-state index in [1.165, 1.54) is 0 Å². The monoisotopic (exact) mass is 234 g/mol. The van der Waals surface area contributed by atoms with E-state index in [-0.39, 0.29) is 6.04 Å². The van der Waals surface area contributed by atoms with Gasteiger partial charge < -0.3 is 20.1 Å². The summed E-state index contributed by atoms with van der Waals surface area (Å²) in [5, 5.41) is 11.2. The third kappa shape index (κ3) is 2.01. The van der Waals surface area contributed by atoms with Crippen molar-refractivity contribution >= 4 is 10.9 Å². The fourth-order valence-corrected chi connectivity index (χ4v) is 2.00. The normalized spacial score (nSPS) is 14.9. The molecule has 0 radical (unpaired) electrons. The first-order chi connectivity index (χ1) is 8.04. The molecule has 92 valence electrons. The lowest BCUT2D eigenvalue weighted by Crippen LogP contribution is -2.24. The maximum Gasteiger partial charge on any atom is 0.125 e. The number of aliphatic hydroxyl groups excluding tert-OH is 1. The van der Waals surface area contributed by atoms with E-state index in [4.69, 9.17) is 10.5 Å². The standard InChI is InChI=1S/C13H18N2O2/c1-8(14)13(16)10-7-11-9(4-5-15(11)2)6-12(10)17-3/h4-8,13,16H,14H2,1-3H3. The van der Waals surface area contributed by atoms with Crippen LogP contribution in [0.15, 0.2) is 24.4 Å². The lowest BCUT2D eigenvalue weighted by molar-refractivity contribution is 0.149. The van der Waals surface area contributed by atoms with Gasteiger partial charge in [0.25, 0.3) is 0 Å². The van der Waals surface area contributed by atoms with Crippen LogP contribution in [0.25, 0.3) is 10.9 Å². The van der Waals surface area contributed by atoms with Gasteiger partial charge in [-0.3, -0.25) is 0 Å². The molecule has 3 N–H and O–H groups in total. The van der Waals surface area contributed by atoms with Crippen LogP contribution >= 0.6 is 0 Å². The predicted octanol–water partition coefficient (Wildman–Crippen LogP) is 1.57. The number of hydrogen-bond acceptors (Lipinski definition) is 3. The molecule has 2 atom stereocenters. The van der Waals surface area contributed by atoms with Crippen LogP contribution in [0.4, 0.5) is 0 Å². The molecule has 2 unspecified atom stereocenters. The molecule has 17 heavy (non-hydrogen) atoms. The number of nitrogens with zero attached hydrogens (tertiary/aromatic N) is 1. The van der Waals surface area contributed by atoms with Crippen molar-refractivity contribution in [3.63, 3.8) is 0 Å². The second kappa shape index (κ2) is 4.39.